The molecule has 9 heteroatoms. The van der Waals surface area contributed by atoms with Crippen LogP contribution in [0.2, 0.25) is 0 Å². The molecule has 0 aliphatic rings. The highest BCUT2D eigenvalue weighted by Crippen LogP contribution is 2.35. The second-order valence-electron chi connectivity index (χ2n) is 9.76. The fourth-order valence-corrected chi connectivity index (χ4v) is 4.78. The Bertz CT molecular complexity index is 1900. The van der Waals surface area contributed by atoms with E-state index < -0.39 is 0 Å². The molecule has 0 aliphatic carbocycles. The molecule has 9 nitrogen and oxygen atoms in total. The highest BCUT2D eigenvalue weighted by atomic mass is 14.9. The van der Waals surface area contributed by atoms with Crippen molar-refractivity contribution < 1.29 is 0 Å². The average Bonchev–Trinajstić information content (AvgIpc) is 3.09. The summed E-state index contributed by atoms with van der Waals surface area (Å²) in [5.74, 6) is 1.76. The fraction of sp³-hybridized carbons (Fsp3) is 0.0294. The molecule has 1 aromatic carbocycles. The molecule has 6 aromatic heterocycles. The first-order chi connectivity index (χ1) is 21.2. The van der Waals surface area contributed by atoms with Crippen LogP contribution in [0.4, 0.5) is 0 Å². The van der Waals surface area contributed by atoms with Gasteiger partial charge in [-0.2, -0.15) is 0 Å². The molecular weight excluding hydrogens is 534 g/mol. The van der Waals surface area contributed by atoms with E-state index in [9.17, 15) is 0 Å². The van der Waals surface area contributed by atoms with Gasteiger partial charge in [-0.3, -0.25) is 15.0 Å². The SMILES string of the molecule is Cc1cc(-c2ncccn2)ncc1-c1cc(-c2ccc(-c3ncccn3)nc2)cc(-c2ccc(-c3ncccn3)nc2)c1. The molecule has 0 saturated carbocycles. The standard InChI is InChI=1S/C34H23N9/c1-22-15-31(34-39-13-4-14-40-34)43-21-28(22)27-17-25(23-5-7-29(41-19-23)32-35-9-2-10-36-32)16-26(18-27)24-6-8-30(42-20-24)33-37-11-3-12-38-33/h2-21H,1H3. The van der Waals surface area contributed by atoms with Gasteiger partial charge in [0.25, 0.3) is 0 Å². The summed E-state index contributed by atoms with van der Waals surface area (Å²) in [6, 6.07) is 21.8. The Hall–Kier alpha value is -6.09. The smallest absolute Gasteiger partial charge is 0.178 e. The number of nitrogens with zero attached hydrogens (tertiary/aromatic N) is 9. The van der Waals surface area contributed by atoms with Crippen LogP contribution in [0.1, 0.15) is 5.56 Å². The van der Waals surface area contributed by atoms with Gasteiger partial charge in [-0.1, -0.05) is 12.1 Å². The highest BCUT2D eigenvalue weighted by Gasteiger charge is 2.13. The molecule has 0 amide bonds. The summed E-state index contributed by atoms with van der Waals surface area (Å²) < 4.78 is 0. The third-order valence-electron chi connectivity index (χ3n) is 6.93. The molecule has 0 N–H and O–H groups in total. The maximum atomic E-state index is 4.70. The van der Waals surface area contributed by atoms with Gasteiger partial charge >= 0.3 is 0 Å². The first-order valence-corrected chi connectivity index (χ1v) is 13.6. The van der Waals surface area contributed by atoms with Crippen molar-refractivity contribution in [2.24, 2.45) is 0 Å². The van der Waals surface area contributed by atoms with Crippen LogP contribution in [0.3, 0.4) is 0 Å². The Morgan fingerprint density at radius 1 is 0.372 bits per heavy atom. The molecule has 6 heterocycles. The number of benzene rings is 1. The van der Waals surface area contributed by atoms with E-state index in [0.717, 1.165) is 44.6 Å². The third-order valence-corrected chi connectivity index (χ3v) is 6.93. The first-order valence-electron chi connectivity index (χ1n) is 13.6. The maximum Gasteiger partial charge on any atom is 0.178 e. The van der Waals surface area contributed by atoms with E-state index in [2.05, 4.69) is 65.0 Å². The lowest BCUT2D eigenvalue weighted by Gasteiger charge is -2.13. The van der Waals surface area contributed by atoms with Crippen LogP contribution in [0.5, 0.6) is 0 Å². The van der Waals surface area contributed by atoms with Crippen molar-refractivity contribution in [3.05, 3.63) is 128 Å². The number of rotatable bonds is 6. The van der Waals surface area contributed by atoms with Gasteiger partial charge in [-0.25, -0.2) is 29.9 Å². The van der Waals surface area contributed by atoms with E-state index in [1.54, 1.807) is 55.4 Å². The van der Waals surface area contributed by atoms with Gasteiger partial charge in [0.1, 0.15) is 17.1 Å². The molecule has 204 valence electrons. The van der Waals surface area contributed by atoms with Crippen LogP contribution in [-0.4, -0.2) is 44.9 Å². The molecule has 0 bridgehead atoms. The topological polar surface area (TPSA) is 116 Å². The molecule has 0 atom stereocenters. The number of aromatic nitrogens is 9. The normalized spacial score (nSPS) is 10.9. The summed E-state index contributed by atoms with van der Waals surface area (Å²) in [6.45, 7) is 2.07. The molecule has 0 unspecified atom stereocenters. The van der Waals surface area contributed by atoms with Crippen LogP contribution in [-0.2, 0) is 0 Å². The quantitative estimate of drug-likeness (QED) is 0.224. The van der Waals surface area contributed by atoms with Gasteiger partial charge in [-0.05, 0) is 83.8 Å². The summed E-state index contributed by atoms with van der Waals surface area (Å²) >= 11 is 0. The van der Waals surface area contributed by atoms with E-state index in [4.69, 9.17) is 4.98 Å². The van der Waals surface area contributed by atoms with E-state index in [1.807, 2.05) is 48.9 Å². The predicted octanol–water partition coefficient (Wildman–Crippen LogP) is 6.55. The molecule has 43 heavy (non-hydrogen) atoms. The largest absolute Gasteiger partial charge is 0.252 e. The van der Waals surface area contributed by atoms with Crippen molar-refractivity contribution in [1.82, 2.24) is 44.9 Å². The van der Waals surface area contributed by atoms with Crippen molar-refractivity contribution in [1.29, 1.82) is 0 Å². The number of pyridine rings is 3. The van der Waals surface area contributed by atoms with Gasteiger partial charge in [0.2, 0.25) is 0 Å². The zero-order valence-electron chi connectivity index (χ0n) is 23.1. The van der Waals surface area contributed by atoms with Gasteiger partial charge in [0, 0.05) is 72.5 Å². The zero-order valence-corrected chi connectivity index (χ0v) is 23.1. The summed E-state index contributed by atoms with van der Waals surface area (Å²) in [4.78, 5) is 40.0. The molecule has 7 aromatic rings. The van der Waals surface area contributed by atoms with Crippen molar-refractivity contribution in [3.8, 4) is 67.9 Å². The van der Waals surface area contributed by atoms with Crippen LogP contribution in [0.15, 0.2) is 123 Å². The minimum atomic E-state index is 0.584. The van der Waals surface area contributed by atoms with Gasteiger partial charge in [-0.15, -0.1) is 0 Å². The molecule has 0 radical (unpaired) electrons. The summed E-state index contributed by atoms with van der Waals surface area (Å²) in [5, 5.41) is 0. The third kappa shape index (κ3) is 5.47. The van der Waals surface area contributed by atoms with E-state index in [-0.39, 0.29) is 0 Å². The lowest BCUT2D eigenvalue weighted by molar-refractivity contribution is 1.13. The van der Waals surface area contributed by atoms with Gasteiger partial charge < -0.3 is 0 Å². The van der Waals surface area contributed by atoms with Crippen molar-refractivity contribution in [3.63, 3.8) is 0 Å². The fourth-order valence-electron chi connectivity index (χ4n) is 4.78. The van der Waals surface area contributed by atoms with Crippen molar-refractivity contribution in [2.45, 2.75) is 6.92 Å². The Balaban J connectivity index is 1.31. The maximum absolute atomic E-state index is 4.70. The van der Waals surface area contributed by atoms with Crippen LogP contribution >= 0.6 is 0 Å². The molecular formula is C34H23N9. The molecule has 0 spiro atoms. The summed E-state index contributed by atoms with van der Waals surface area (Å²) in [6.07, 6.45) is 15.9. The Morgan fingerprint density at radius 3 is 1.21 bits per heavy atom. The minimum Gasteiger partial charge on any atom is -0.252 e. The second kappa shape index (κ2) is 11.4. The first kappa shape index (κ1) is 25.8. The van der Waals surface area contributed by atoms with Gasteiger partial charge in [0.15, 0.2) is 17.5 Å². The van der Waals surface area contributed by atoms with Crippen molar-refractivity contribution in [2.75, 3.05) is 0 Å². The molecule has 0 aliphatic heterocycles. The molecule has 0 fully saturated rings. The van der Waals surface area contributed by atoms with Crippen LogP contribution in [0.25, 0.3) is 67.9 Å². The molecule has 0 saturated heterocycles. The number of hydrogen-bond donors (Lipinski definition) is 0. The minimum absolute atomic E-state index is 0.584. The van der Waals surface area contributed by atoms with Crippen molar-refractivity contribution >= 4 is 0 Å². The number of hydrogen-bond acceptors (Lipinski definition) is 9. The lowest BCUT2D eigenvalue weighted by atomic mass is 9.93. The van der Waals surface area contributed by atoms with E-state index >= 15 is 0 Å². The Morgan fingerprint density at radius 2 is 0.791 bits per heavy atom. The summed E-state index contributed by atoms with van der Waals surface area (Å²) in [5.41, 5.74) is 9.17. The Kier molecular flexibility index (Phi) is 6.86. The van der Waals surface area contributed by atoms with Crippen LogP contribution in [0, 0.1) is 6.92 Å². The molecule has 7 rings (SSSR count). The summed E-state index contributed by atoms with van der Waals surface area (Å²) in [7, 11) is 0. The van der Waals surface area contributed by atoms with Crippen LogP contribution < -0.4 is 0 Å². The zero-order chi connectivity index (χ0) is 29.0. The second-order valence-corrected chi connectivity index (χ2v) is 9.76. The monoisotopic (exact) mass is 557 g/mol. The van der Waals surface area contributed by atoms with Gasteiger partial charge in [0.05, 0.1) is 0 Å². The average molecular weight is 558 g/mol. The highest BCUT2D eigenvalue weighted by molar-refractivity contribution is 5.82. The van der Waals surface area contributed by atoms with E-state index in [1.165, 1.54) is 0 Å². The Labute approximate surface area is 247 Å². The van der Waals surface area contributed by atoms with E-state index in [0.29, 0.717) is 28.9 Å². The number of aryl methyl sites for hydroxylation is 1. The lowest BCUT2D eigenvalue weighted by Crippen LogP contribution is -1.95. The predicted molar refractivity (Wildman–Crippen MR) is 164 cm³/mol.